The van der Waals surface area contributed by atoms with E-state index >= 15 is 0 Å². The summed E-state index contributed by atoms with van der Waals surface area (Å²) in [6, 6.07) is 11.9. The van der Waals surface area contributed by atoms with Crippen LogP contribution in [0.4, 0.5) is 0 Å². The first-order chi connectivity index (χ1) is 11.6. The summed E-state index contributed by atoms with van der Waals surface area (Å²) in [5.41, 5.74) is 2.25. The zero-order chi connectivity index (χ0) is 17.1. The van der Waals surface area contributed by atoms with E-state index in [1.807, 2.05) is 41.3 Å². The largest absolute Gasteiger partial charge is 0.388 e. The molecule has 1 aromatic heterocycles. The van der Waals surface area contributed by atoms with Gasteiger partial charge >= 0.3 is 0 Å². The highest BCUT2D eigenvalue weighted by atomic mass is 32.1. The standard InChI is InChI=1S/C20H25NO2S/c1-3-15-13-18(24-14(15)2)20(23)21-11-9-17(10-12-21)19(22)16-7-5-4-6-8-16/h4-8,13,17,19,22H,3,9-12H2,1-2H3/t19-/m1/s1. The average molecular weight is 343 g/mol. The molecule has 1 aliphatic rings. The second-order valence-corrected chi connectivity index (χ2v) is 7.79. The van der Waals surface area contributed by atoms with E-state index in [1.54, 1.807) is 11.3 Å². The minimum absolute atomic E-state index is 0.149. The summed E-state index contributed by atoms with van der Waals surface area (Å²) in [5.74, 6) is 0.378. The molecule has 3 rings (SSSR count). The number of rotatable bonds is 4. The van der Waals surface area contributed by atoms with Crippen molar-refractivity contribution in [1.82, 2.24) is 4.90 Å². The fraction of sp³-hybridized carbons (Fsp3) is 0.450. The Kier molecular flexibility index (Phi) is 5.36. The maximum atomic E-state index is 12.7. The number of hydrogen-bond donors (Lipinski definition) is 1. The molecule has 1 atom stereocenters. The van der Waals surface area contributed by atoms with Gasteiger partial charge in [-0.3, -0.25) is 4.79 Å². The Morgan fingerprint density at radius 3 is 2.54 bits per heavy atom. The third-order valence-corrected chi connectivity index (χ3v) is 6.11. The van der Waals surface area contributed by atoms with Crippen LogP contribution in [0.5, 0.6) is 0 Å². The Morgan fingerprint density at radius 1 is 1.29 bits per heavy atom. The summed E-state index contributed by atoms with van der Waals surface area (Å²) in [7, 11) is 0. The smallest absolute Gasteiger partial charge is 0.263 e. The molecule has 1 saturated heterocycles. The fourth-order valence-corrected chi connectivity index (χ4v) is 4.55. The maximum absolute atomic E-state index is 12.7. The van der Waals surface area contributed by atoms with Crippen molar-refractivity contribution in [2.24, 2.45) is 5.92 Å². The highest BCUT2D eigenvalue weighted by Crippen LogP contribution is 2.32. The molecule has 3 nitrogen and oxygen atoms in total. The Labute approximate surface area is 147 Å². The number of aliphatic hydroxyl groups is 1. The van der Waals surface area contributed by atoms with E-state index in [0.717, 1.165) is 42.8 Å². The van der Waals surface area contributed by atoms with Crippen molar-refractivity contribution < 1.29 is 9.90 Å². The van der Waals surface area contributed by atoms with E-state index < -0.39 is 6.10 Å². The van der Waals surface area contributed by atoms with E-state index in [4.69, 9.17) is 0 Å². The molecule has 2 aromatic rings. The SMILES string of the molecule is CCc1cc(C(=O)N2CCC([C@H](O)c3ccccc3)CC2)sc1C. The van der Waals surface area contributed by atoms with E-state index in [9.17, 15) is 9.90 Å². The van der Waals surface area contributed by atoms with Crippen LogP contribution in [0.15, 0.2) is 36.4 Å². The maximum Gasteiger partial charge on any atom is 0.263 e. The van der Waals surface area contributed by atoms with Gasteiger partial charge in [0.1, 0.15) is 0 Å². The molecule has 0 bridgehead atoms. The molecule has 4 heteroatoms. The molecule has 0 radical (unpaired) electrons. The van der Waals surface area contributed by atoms with Gasteiger partial charge in [0.2, 0.25) is 0 Å². The highest BCUT2D eigenvalue weighted by Gasteiger charge is 2.29. The molecule has 1 N–H and O–H groups in total. The molecule has 0 spiro atoms. The van der Waals surface area contributed by atoms with Gasteiger partial charge in [-0.1, -0.05) is 37.3 Å². The van der Waals surface area contributed by atoms with Crippen LogP contribution in [0.1, 0.15) is 51.5 Å². The van der Waals surface area contributed by atoms with Gasteiger partial charge in [-0.05, 0) is 49.3 Å². The van der Waals surface area contributed by atoms with Crippen LogP contribution in [0, 0.1) is 12.8 Å². The predicted octanol–water partition coefficient (Wildman–Crippen LogP) is 4.20. The number of benzene rings is 1. The van der Waals surface area contributed by atoms with Crippen molar-refractivity contribution in [2.75, 3.05) is 13.1 Å². The zero-order valence-corrected chi connectivity index (χ0v) is 15.2. The van der Waals surface area contributed by atoms with E-state index in [0.29, 0.717) is 0 Å². The molecule has 128 valence electrons. The Morgan fingerprint density at radius 2 is 1.96 bits per heavy atom. The van der Waals surface area contributed by atoms with Crippen LogP contribution in [-0.4, -0.2) is 29.0 Å². The molecule has 0 unspecified atom stereocenters. The minimum atomic E-state index is -0.431. The zero-order valence-electron chi connectivity index (χ0n) is 14.4. The number of aryl methyl sites for hydroxylation is 2. The van der Waals surface area contributed by atoms with E-state index in [2.05, 4.69) is 13.8 Å². The number of amides is 1. The lowest BCUT2D eigenvalue weighted by atomic mass is 9.87. The molecular weight excluding hydrogens is 318 g/mol. The van der Waals surface area contributed by atoms with Crippen molar-refractivity contribution in [3.63, 3.8) is 0 Å². The molecule has 1 aliphatic heterocycles. The summed E-state index contributed by atoms with van der Waals surface area (Å²) in [6.07, 6.45) is 2.25. The number of hydrogen-bond acceptors (Lipinski definition) is 3. The molecular formula is C20H25NO2S. The lowest BCUT2D eigenvalue weighted by molar-refractivity contribution is 0.0465. The number of carbonyl (C=O) groups excluding carboxylic acids is 1. The number of thiophene rings is 1. The second-order valence-electron chi connectivity index (χ2n) is 6.53. The van der Waals surface area contributed by atoms with Crippen LogP contribution in [0.2, 0.25) is 0 Å². The average Bonchev–Trinajstić information content (AvgIpc) is 3.02. The van der Waals surface area contributed by atoms with Gasteiger partial charge in [-0.15, -0.1) is 11.3 Å². The van der Waals surface area contributed by atoms with Crippen molar-refractivity contribution in [1.29, 1.82) is 0 Å². The third kappa shape index (κ3) is 3.55. The lowest BCUT2D eigenvalue weighted by Gasteiger charge is -2.34. The quantitative estimate of drug-likeness (QED) is 0.903. The van der Waals surface area contributed by atoms with Crippen LogP contribution in [-0.2, 0) is 6.42 Å². The fourth-order valence-electron chi connectivity index (χ4n) is 3.47. The molecule has 0 aliphatic carbocycles. The summed E-state index contributed by atoms with van der Waals surface area (Å²) in [5, 5.41) is 10.6. The minimum Gasteiger partial charge on any atom is -0.388 e. The van der Waals surface area contributed by atoms with Crippen molar-refractivity contribution >= 4 is 17.2 Å². The van der Waals surface area contributed by atoms with Crippen LogP contribution >= 0.6 is 11.3 Å². The summed E-state index contributed by atoms with van der Waals surface area (Å²) < 4.78 is 0. The molecule has 1 fully saturated rings. The Bertz CT molecular complexity index is 687. The predicted molar refractivity (Wildman–Crippen MR) is 98.5 cm³/mol. The number of carbonyl (C=O) groups is 1. The monoisotopic (exact) mass is 343 g/mol. The van der Waals surface area contributed by atoms with Crippen molar-refractivity contribution in [3.8, 4) is 0 Å². The first kappa shape index (κ1) is 17.2. The molecule has 2 heterocycles. The summed E-state index contributed by atoms with van der Waals surface area (Å²) in [4.78, 5) is 16.7. The van der Waals surface area contributed by atoms with Gasteiger partial charge in [0.05, 0.1) is 11.0 Å². The Hall–Kier alpha value is -1.65. The van der Waals surface area contributed by atoms with Gasteiger partial charge in [0.15, 0.2) is 0 Å². The summed E-state index contributed by atoms with van der Waals surface area (Å²) in [6.45, 7) is 5.67. The van der Waals surface area contributed by atoms with Gasteiger partial charge in [0.25, 0.3) is 5.91 Å². The topological polar surface area (TPSA) is 40.5 Å². The molecule has 1 aromatic carbocycles. The first-order valence-electron chi connectivity index (χ1n) is 8.71. The van der Waals surface area contributed by atoms with Gasteiger partial charge in [0, 0.05) is 18.0 Å². The number of nitrogens with zero attached hydrogens (tertiary/aromatic N) is 1. The van der Waals surface area contributed by atoms with Crippen LogP contribution < -0.4 is 0 Å². The molecule has 24 heavy (non-hydrogen) atoms. The molecule has 1 amide bonds. The Balaban J connectivity index is 1.61. The van der Waals surface area contributed by atoms with Gasteiger partial charge in [-0.2, -0.15) is 0 Å². The van der Waals surface area contributed by atoms with Gasteiger partial charge in [-0.25, -0.2) is 0 Å². The lowest BCUT2D eigenvalue weighted by Crippen LogP contribution is -2.39. The van der Waals surface area contributed by atoms with Crippen molar-refractivity contribution in [2.45, 2.75) is 39.2 Å². The summed E-state index contributed by atoms with van der Waals surface area (Å²) >= 11 is 1.60. The third-order valence-electron chi connectivity index (χ3n) is 5.03. The first-order valence-corrected chi connectivity index (χ1v) is 9.53. The molecule has 0 saturated carbocycles. The highest BCUT2D eigenvalue weighted by molar-refractivity contribution is 7.14. The number of likely N-dealkylation sites (tertiary alicyclic amines) is 1. The van der Waals surface area contributed by atoms with E-state index in [-0.39, 0.29) is 11.8 Å². The van der Waals surface area contributed by atoms with Gasteiger partial charge < -0.3 is 10.0 Å². The van der Waals surface area contributed by atoms with Crippen LogP contribution in [0.25, 0.3) is 0 Å². The van der Waals surface area contributed by atoms with Crippen molar-refractivity contribution in [3.05, 3.63) is 57.3 Å². The second kappa shape index (κ2) is 7.49. The van der Waals surface area contributed by atoms with E-state index in [1.165, 1.54) is 10.4 Å². The number of aliphatic hydroxyl groups excluding tert-OH is 1. The van der Waals surface area contributed by atoms with Crippen LogP contribution in [0.3, 0.4) is 0 Å². The normalized spacial score (nSPS) is 17.0. The number of piperidine rings is 1.